The number of carbonyl (C=O) groups is 1. The molecule has 1 aromatic rings. The molecule has 0 spiro atoms. The van der Waals surface area contributed by atoms with E-state index in [0.717, 1.165) is 36.1 Å². The molecule has 0 amide bonds. The van der Waals surface area contributed by atoms with Crippen LogP contribution < -0.4 is 4.90 Å². The van der Waals surface area contributed by atoms with E-state index >= 15 is 0 Å². The molecule has 1 atom stereocenters. The van der Waals surface area contributed by atoms with Crippen molar-refractivity contribution < 1.29 is 14.6 Å². The van der Waals surface area contributed by atoms with Gasteiger partial charge in [0.1, 0.15) is 5.15 Å². The Hall–Kier alpha value is -0.850. The lowest BCUT2D eigenvalue weighted by Gasteiger charge is -2.42. The summed E-state index contributed by atoms with van der Waals surface area (Å²) >= 11 is 10.1. The first-order valence-corrected chi connectivity index (χ1v) is 10.5. The zero-order chi connectivity index (χ0) is 20.6. The number of aromatic nitrogens is 1. The predicted octanol–water partition coefficient (Wildman–Crippen LogP) is 5.63. The molecule has 7 heteroatoms. The SMILES string of the molecule is CCC(OC(C)(C)C)(C(=O)O)c1c(Cl)ncc(Br)c1N1CCC(C)(C)CC1. The first-order valence-electron chi connectivity index (χ1n) is 9.36. The van der Waals surface area contributed by atoms with Crippen LogP contribution in [0.3, 0.4) is 0 Å². The number of carboxylic acid groups (broad SMARTS) is 1. The number of aliphatic carboxylic acids is 1. The molecule has 0 saturated carbocycles. The first-order chi connectivity index (χ1) is 12.3. The number of rotatable bonds is 5. The van der Waals surface area contributed by atoms with E-state index in [1.54, 1.807) is 13.1 Å². The van der Waals surface area contributed by atoms with Crippen LogP contribution in [0.5, 0.6) is 0 Å². The molecule has 0 aromatic carbocycles. The Labute approximate surface area is 175 Å². The Morgan fingerprint density at radius 2 is 1.93 bits per heavy atom. The zero-order valence-electron chi connectivity index (χ0n) is 17.0. The van der Waals surface area contributed by atoms with Crippen molar-refractivity contribution in [3.05, 3.63) is 21.4 Å². The van der Waals surface area contributed by atoms with Crippen molar-refractivity contribution in [1.82, 2.24) is 4.98 Å². The Bertz CT molecular complexity index is 708. The minimum atomic E-state index is -1.57. The maximum absolute atomic E-state index is 12.5. The highest BCUT2D eigenvalue weighted by Crippen LogP contribution is 2.47. The second-order valence-corrected chi connectivity index (χ2v) is 10.2. The number of piperidine rings is 1. The number of hydrogen-bond donors (Lipinski definition) is 1. The summed E-state index contributed by atoms with van der Waals surface area (Å²) in [6.45, 7) is 13.5. The van der Waals surface area contributed by atoms with Crippen molar-refractivity contribution in [1.29, 1.82) is 0 Å². The quantitative estimate of drug-likeness (QED) is 0.576. The highest BCUT2D eigenvalue weighted by atomic mass is 79.9. The Kier molecular flexibility index (Phi) is 6.55. The van der Waals surface area contributed by atoms with Crippen LogP contribution >= 0.6 is 27.5 Å². The van der Waals surface area contributed by atoms with Gasteiger partial charge < -0.3 is 14.7 Å². The molecular formula is C20H30BrClN2O3. The van der Waals surface area contributed by atoms with Gasteiger partial charge in [0, 0.05) is 19.3 Å². The molecule has 0 aliphatic carbocycles. The number of carboxylic acids is 1. The third kappa shape index (κ3) is 4.77. The van der Waals surface area contributed by atoms with E-state index in [1.807, 2.05) is 20.8 Å². The maximum Gasteiger partial charge on any atom is 0.340 e. The number of anilines is 1. The Balaban J connectivity index is 2.67. The molecule has 1 unspecified atom stereocenters. The maximum atomic E-state index is 12.5. The third-order valence-electron chi connectivity index (χ3n) is 5.12. The summed E-state index contributed by atoms with van der Waals surface area (Å²) in [6.07, 6.45) is 3.92. The molecule has 0 radical (unpaired) electrons. The molecule has 1 fully saturated rings. The van der Waals surface area contributed by atoms with Crippen LogP contribution in [0, 0.1) is 5.41 Å². The Morgan fingerprint density at radius 3 is 2.37 bits per heavy atom. The second-order valence-electron chi connectivity index (χ2n) is 8.97. The van der Waals surface area contributed by atoms with Crippen molar-refractivity contribution in [2.45, 2.75) is 72.0 Å². The van der Waals surface area contributed by atoms with Gasteiger partial charge in [-0.05, 0) is 61.4 Å². The largest absolute Gasteiger partial charge is 0.479 e. The highest BCUT2D eigenvalue weighted by molar-refractivity contribution is 9.10. The molecule has 5 nitrogen and oxygen atoms in total. The van der Waals surface area contributed by atoms with Crippen LogP contribution in [0.1, 0.15) is 66.4 Å². The molecule has 27 heavy (non-hydrogen) atoms. The van der Waals surface area contributed by atoms with Crippen molar-refractivity contribution in [2.75, 3.05) is 18.0 Å². The van der Waals surface area contributed by atoms with E-state index in [9.17, 15) is 9.90 Å². The summed E-state index contributed by atoms with van der Waals surface area (Å²) in [5.41, 5.74) is -0.756. The van der Waals surface area contributed by atoms with Gasteiger partial charge in [0.15, 0.2) is 5.60 Å². The zero-order valence-corrected chi connectivity index (χ0v) is 19.4. The van der Waals surface area contributed by atoms with Gasteiger partial charge in [-0.1, -0.05) is 32.4 Å². The fraction of sp³-hybridized carbons (Fsp3) is 0.700. The van der Waals surface area contributed by atoms with Gasteiger partial charge in [0.25, 0.3) is 0 Å². The van der Waals surface area contributed by atoms with Crippen LogP contribution in [0.25, 0.3) is 0 Å². The number of nitrogens with zero attached hydrogens (tertiary/aromatic N) is 2. The lowest BCUT2D eigenvalue weighted by atomic mass is 9.82. The van der Waals surface area contributed by atoms with Crippen molar-refractivity contribution >= 4 is 39.2 Å². The third-order valence-corrected chi connectivity index (χ3v) is 5.99. The highest BCUT2D eigenvalue weighted by Gasteiger charge is 2.48. The van der Waals surface area contributed by atoms with Crippen LogP contribution in [0.15, 0.2) is 10.7 Å². The fourth-order valence-corrected chi connectivity index (χ4v) is 4.43. The average molecular weight is 462 g/mol. The lowest BCUT2D eigenvalue weighted by molar-refractivity contribution is -0.188. The summed E-state index contributed by atoms with van der Waals surface area (Å²) in [4.78, 5) is 18.9. The van der Waals surface area contributed by atoms with E-state index in [-0.39, 0.29) is 17.0 Å². The van der Waals surface area contributed by atoms with Crippen LogP contribution in [-0.4, -0.2) is 34.8 Å². The minimum absolute atomic E-state index is 0.173. The summed E-state index contributed by atoms with van der Waals surface area (Å²) in [6, 6.07) is 0. The monoisotopic (exact) mass is 460 g/mol. The summed E-state index contributed by atoms with van der Waals surface area (Å²) in [5.74, 6) is -1.06. The summed E-state index contributed by atoms with van der Waals surface area (Å²) in [7, 11) is 0. The van der Waals surface area contributed by atoms with E-state index < -0.39 is 17.2 Å². The Morgan fingerprint density at radius 1 is 1.37 bits per heavy atom. The van der Waals surface area contributed by atoms with Crippen LogP contribution in [-0.2, 0) is 15.1 Å². The van der Waals surface area contributed by atoms with Gasteiger partial charge >= 0.3 is 5.97 Å². The number of halogens is 2. The summed E-state index contributed by atoms with van der Waals surface area (Å²) in [5, 5.41) is 10.4. The van der Waals surface area contributed by atoms with Gasteiger partial charge in [0.2, 0.25) is 0 Å². The smallest absolute Gasteiger partial charge is 0.340 e. The molecule has 2 heterocycles. The molecule has 2 rings (SSSR count). The standard InChI is InChI=1S/C20H30BrClN2O3/c1-7-20(17(25)26,27-18(2,3)4)14-15(13(21)12-23-16(14)22)24-10-8-19(5,6)9-11-24/h12H,7-11H2,1-6H3,(H,25,26). The minimum Gasteiger partial charge on any atom is -0.479 e. The van der Waals surface area contributed by atoms with Gasteiger partial charge in [-0.25, -0.2) is 9.78 Å². The van der Waals surface area contributed by atoms with Crippen molar-refractivity contribution in [3.63, 3.8) is 0 Å². The summed E-state index contributed by atoms with van der Waals surface area (Å²) < 4.78 is 6.89. The van der Waals surface area contributed by atoms with Crippen molar-refractivity contribution in [2.24, 2.45) is 5.41 Å². The lowest BCUT2D eigenvalue weighted by Crippen LogP contribution is -2.46. The molecule has 1 saturated heterocycles. The average Bonchev–Trinajstić information content (AvgIpc) is 2.54. The fourth-order valence-electron chi connectivity index (χ4n) is 3.58. The van der Waals surface area contributed by atoms with Crippen LogP contribution in [0.2, 0.25) is 5.15 Å². The van der Waals surface area contributed by atoms with E-state index in [0.29, 0.717) is 5.56 Å². The van der Waals surface area contributed by atoms with E-state index in [4.69, 9.17) is 16.3 Å². The van der Waals surface area contributed by atoms with E-state index in [1.165, 1.54) is 0 Å². The predicted molar refractivity (Wildman–Crippen MR) is 113 cm³/mol. The molecular weight excluding hydrogens is 432 g/mol. The molecule has 1 aromatic heterocycles. The van der Waals surface area contributed by atoms with Crippen LogP contribution in [0.4, 0.5) is 5.69 Å². The number of ether oxygens (including phenoxy) is 1. The molecule has 1 aliphatic rings. The second kappa shape index (κ2) is 7.88. The molecule has 1 N–H and O–H groups in total. The van der Waals surface area contributed by atoms with Gasteiger partial charge in [-0.15, -0.1) is 0 Å². The number of pyridine rings is 1. The first kappa shape index (κ1) is 22.4. The molecule has 0 bridgehead atoms. The molecule has 1 aliphatic heterocycles. The topological polar surface area (TPSA) is 62.7 Å². The number of hydrogen-bond acceptors (Lipinski definition) is 4. The van der Waals surface area contributed by atoms with E-state index in [2.05, 4.69) is 39.7 Å². The van der Waals surface area contributed by atoms with Gasteiger partial charge in [0.05, 0.1) is 21.3 Å². The van der Waals surface area contributed by atoms with Crippen molar-refractivity contribution in [3.8, 4) is 0 Å². The molecule has 152 valence electrons. The van der Waals surface area contributed by atoms with Gasteiger partial charge in [-0.3, -0.25) is 0 Å². The normalized spacial score (nSPS) is 19.6. The van der Waals surface area contributed by atoms with Gasteiger partial charge in [-0.2, -0.15) is 0 Å².